The van der Waals surface area contributed by atoms with Crippen LogP contribution in [0.1, 0.15) is 24.6 Å². The number of hydrogen-bond acceptors (Lipinski definition) is 4. The molecule has 0 spiro atoms. The summed E-state index contributed by atoms with van der Waals surface area (Å²) in [6.07, 6.45) is 1.66. The van der Waals surface area contributed by atoms with E-state index < -0.39 is 0 Å². The third-order valence-corrected chi connectivity index (χ3v) is 1.35. The monoisotopic (exact) mass is 168 g/mol. The molecule has 1 atom stereocenters. The average molecular weight is 168 g/mol. The fourth-order valence-corrected chi connectivity index (χ4v) is 0.858. The summed E-state index contributed by atoms with van der Waals surface area (Å²) < 4.78 is 5.21. The van der Waals surface area contributed by atoms with E-state index >= 15 is 0 Å². The zero-order valence-corrected chi connectivity index (χ0v) is 7.18. The first-order valence-corrected chi connectivity index (χ1v) is 3.64. The fourth-order valence-electron chi connectivity index (χ4n) is 0.700. The summed E-state index contributed by atoms with van der Waals surface area (Å²) >= 11 is 4.45. The van der Waals surface area contributed by atoms with Crippen LogP contribution in [0.25, 0.3) is 0 Å². The number of thiocarbonyl (C=S) groups is 1. The molecule has 11 heavy (non-hydrogen) atoms. The molecule has 0 aliphatic heterocycles. The van der Waals surface area contributed by atoms with Gasteiger partial charge in [-0.1, -0.05) is 0 Å². The highest BCUT2D eigenvalue weighted by Gasteiger charge is 2.07. The van der Waals surface area contributed by atoms with E-state index in [1.54, 1.807) is 6.20 Å². The van der Waals surface area contributed by atoms with Crippen molar-refractivity contribution in [2.45, 2.75) is 19.9 Å². The van der Waals surface area contributed by atoms with Gasteiger partial charge in [-0.15, -0.1) is 0 Å². The molecule has 4 heteroatoms. The lowest BCUT2D eigenvalue weighted by Gasteiger charge is -1.95. The van der Waals surface area contributed by atoms with Gasteiger partial charge in [0.2, 0.25) is 5.89 Å². The van der Waals surface area contributed by atoms with Crippen molar-refractivity contribution in [2.75, 3.05) is 0 Å². The molecule has 0 fully saturated rings. The molecule has 1 aromatic rings. The van der Waals surface area contributed by atoms with Crippen LogP contribution in [0.3, 0.4) is 0 Å². The second kappa shape index (κ2) is 3.42. The lowest BCUT2D eigenvalue weighted by molar-refractivity contribution is 0.445. The molecule has 0 bridgehead atoms. The quantitative estimate of drug-likeness (QED) is 0.501. The van der Waals surface area contributed by atoms with Crippen LogP contribution in [0, 0.1) is 6.92 Å². The van der Waals surface area contributed by atoms with Gasteiger partial charge in [0.05, 0.1) is 11.4 Å². The van der Waals surface area contributed by atoms with Crippen LogP contribution in [0.4, 0.5) is 0 Å². The second-order valence-corrected chi connectivity index (χ2v) is 2.39. The van der Waals surface area contributed by atoms with Gasteiger partial charge in [0, 0.05) is 0 Å². The maximum atomic E-state index is 5.21. The lowest BCUT2D eigenvalue weighted by atomic mass is 10.4. The lowest BCUT2D eigenvalue weighted by Crippen LogP contribution is -1.87. The third kappa shape index (κ3) is 1.97. The molecule has 1 aromatic heterocycles. The van der Waals surface area contributed by atoms with E-state index in [4.69, 9.17) is 4.42 Å². The Hall–Kier alpha value is -0.990. The Balaban J connectivity index is 2.84. The molecule has 0 aromatic carbocycles. The van der Waals surface area contributed by atoms with Crippen molar-refractivity contribution >= 4 is 17.4 Å². The van der Waals surface area contributed by atoms with Crippen LogP contribution in [0.2, 0.25) is 0 Å². The molecule has 0 unspecified atom stereocenters. The van der Waals surface area contributed by atoms with Gasteiger partial charge in [0.1, 0.15) is 11.8 Å². The van der Waals surface area contributed by atoms with E-state index in [0.717, 1.165) is 5.76 Å². The van der Waals surface area contributed by atoms with Gasteiger partial charge in [-0.25, -0.2) is 9.98 Å². The molecule has 0 radical (unpaired) electrons. The Morgan fingerprint density at radius 3 is 3.00 bits per heavy atom. The largest absolute Gasteiger partial charge is 0.444 e. The molecular formula is C7H8N2OS. The minimum atomic E-state index is -0.124. The summed E-state index contributed by atoms with van der Waals surface area (Å²) in [7, 11) is 0. The Bertz CT molecular complexity index is 288. The van der Waals surface area contributed by atoms with Crippen molar-refractivity contribution in [3.05, 3.63) is 17.8 Å². The second-order valence-electron chi connectivity index (χ2n) is 2.21. The van der Waals surface area contributed by atoms with E-state index in [-0.39, 0.29) is 6.04 Å². The molecule has 1 heterocycles. The Kier molecular flexibility index (Phi) is 2.52. The Morgan fingerprint density at radius 1 is 1.82 bits per heavy atom. The number of isothiocyanates is 1. The molecule has 0 aliphatic carbocycles. The van der Waals surface area contributed by atoms with Crippen molar-refractivity contribution in [3.63, 3.8) is 0 Å². The zero-order chi connectivity index (χ0) is 8.27. The molecule has 3 nitrogen and oxygen atoms in total. The van der Waals surface area contributed by atoms with Gasteiger partial charge in [-0.05, 0) is 26.1 Å². The average Bonchev–Trinajstić information content (AvgIpc) is 2.36. The van der Waals surface area contributed by atoms with Crippen LogP contribution in [0.15, 0.2) is 15.6 Å². The summed E-state index contributed by atoms with van der Waals surface area (Å²) in [4.78, 5) is 7.80. The van der Waals surface area contributed by atoms with Crippen LogP contribution >= 0.6 is 12.2 Å². The maximum Gasteiger partial charge on any atom is 0.219 e. The predicted molar refractivity (Wildman–Crippen MR) is 44.7 cm³/mol. The highest BCUT2D eigenvalue weighted by molar-refractivity contribution is 7.78. The minimum absolute atomic E-state index is 0.124. The normalized spacial score (nSPS) is 12.2. The maximum absolute atomic E-state index is 5.21. The number of nitrogens with zero attached hydrogens (tertiary/aromatic N) is 2. The van der Waals surface area contributed by atoms with Crippen molar-refractivity contribution in [1.82, 2.24) is 4.98 Å². The highest BCUT2D eigenvalue weighted by atomic mass is 32.1. The Morgan fingerprint density at radius 2 is 2.55 bits per heavy atom. The van der Waals surface area contributed by atoms with Crippen LogP contribution in [0.5, 0.6) is 0 Å². The van der Waals surface area contributed by atoms with Crippen molar-refractivity contribution in [2.24, 2.45) is 4.99 Å². The van der Waals surface area contributed by atoms with E-state index in [0.29, 0.717) is 5.89 Å². The highest BCUT2D eigenvalue weighted by Crippen LogP contribution is 2.14. The third-order valence-electron chi connectivity index (χ3n) is 1.24. The van der Waals surface area contributed by atoms with Crippen molar-refractivity contribution in [3.8, 4) is 0 Å². The van der Waals surface area contributed by atoms with Gasteiger partial charge in [0.15, 0.2) is 0 Å². The molecule has 1 rings (SSSR count). The molecule has 0 aliphatic rings. The van der Waals surface area contributed by atoms with E-state index in [1.165, 1.54) is 0 Å². The topological polar surface area (TPSA) is 38.4 Å². The van der Waals surface area contributed by atoms with Crippen LogP contribution in [-0.4, -0.2) is 10.1 Å². The molecule has 0 N–H and O–H groups in total. The number of rotatable bonds is 2. The van der Waals surface area contributed by atoms with Gasteiger partial charge < -0.3 is 4.42 Å². The summed E-state index contributed by atoms with van der Waals surface area (Å²) in [5.74, 6) is 1.37. The summed E-state index contributed by atoms with van der Waals surface area (Å²) in [6.45, 7) is 3.69. The van der Waals surface area contributed by atoms with Crippen molar-refractivity contribution in [1.29, 1.82) is 0 Å². The predicted octanol–water partition coefficient (Wildman–Crippen LogP) is 2.15. The van der Waals surface area contributed by atoms with E-state index in [9.17, 15) is 0 Å². The molecular weight excluding hydrogens is 160 g/mol. The zero-order valence-electron chi connectivity index (χ0n) is 6.37. The smallest absolute Gasteiger partial charge is 0.219 e. The number of aromatic nitrogens is 1. The first-order chi connectivity index (χ1) is 5.24. The van der Waals surface area contributed by atoms with Gasteiger partial charge in [0.25, 0.3) is 0 Å². The summed E-state index contributed by atoms with van der Waals surface area (Å²) in [5.41, 5.74) is 0. The number of hydrogen-bond donors (Lipinski definition) is 0. The van der Waals surface area contributed by atoms with Gasteiger partial charge in [-0.2, -0.15) is 0 Å². The molecule has 0 saturated heterocycles. The van der Waals surface area contributed by atoms with Crippen LogP contribution < -0.4 is 0 Å². The molecule has 0 amide bonds. The standard InChI is InChI=1S/C7H8N2OS/c1-5-3-8-7(10-5)6(2)9-4-11/h3,6H,1-2H3/t6-/m0/s1. The van der Waals surface area contributed by atoms with Gasteiger partial charge in [-0.3, -0.25) is 0 Å². The van der Waals surface area contributed by atoms with Crippen LogP contribution in [-0.2, 0) is 0 Å². The SMILES string of the molecule is Cc1cnc([C@H](C)N=C=S)o1. The minimum Gasteiger partial charge on any atom is -0.444 e. The summed E-state index contributed by atoms with van der Waals surface area (Å²) in [6, 6.07) is -0.124. The fraction of sp³-hybridized carbons (Fsp3) is 0.429. The number of aryl methyl sites for hydroxylation is 1. The first kappa shape index (κ1) is 8.11. The molecule has 58 valence electrons. The number of oxazole rings is 1. The molecule has 0 saturated carbocycles. The number of aliphatic imine (C=N–C) groups is 1. The van der Waals surface area contributed by atoms with E-state index in [2.05, 4.69) is 27.4 Å². The Labute approximate surface area is 70.2 Å². The van der Waals surface area contributed by atoms with E-state index in [1.807, 2.05) is 13.8 Å². The first-order valence-electron chi connectivity index (χ1n) is 3.23. The van der Waals surface area contributed by atoms with Crippen molar-refractivity contribution < 1.29 is 4.42 Å². The summed E-state index contributed by atoms with van der Waals surface area (Å²) in [5, 5.41) is 2.28. The van der Waals surface area contributed by atoms with Gasteiger partial charge >= 0.3 is 0 Å².